The summed E-state index contributed by atoms with van der Waals surface area (Å²) < 4.78 is 0. The van der Waals surface area contributed by atoms with E-state index in [1.807, 2.05) is 20.8 Å². The zero-order chi connectivity index (χ0) is 10.3. The van der Waals surface area contributed by atoms with Crippen molar-refractivity contribution in [3.8, 4) is 0 Å². The van der Waals surface area contributed by atoms with E-state index in [4.69, 9.17) is 5.11 Å². The Kier molecular flexibility index (Phi) is 6.32. The number of urea groups is 1. The first-order chi connectivity index (χ1) is 6.06. The molecule has 0 radical (unpaired) electrons. The zero-order valence-corrected chi connectivity index (χ0v) is 8.63. The summed E-state index contributed by atoms with van der Waals surface area (Å²) in [5.74, 6) is 0. The fraction of sp³-hybridized carbons (Fsp3) is 0.889. The molecule has 4 heteroatoms. The van der Waals surface area contributed by atoms with Crippen LogP contribution in [0.25, 0.3) is 0 Å². The van der Waals surface area contributed by atoms with Crippen LogP contribution in [-0.4, -0.2) is 29.8 Å². The number of aliphatic hydroxyl groups excluding tert-OH is 1. The van der Waals surface area contributed by atoms with Crippen LogP contribution < -0.4 is 10.6 Å². The van der Waals surface area contributed by atoms with Gasteiger partial charge in [0.25, 0.3) is 0 Å². The van der Waals surface area contributed by atoms with Crippen molar-refractivity contribution < 1.29 is 9.90 Å². The summed E-state index contributed by atoms with van der Waals surface area (Å²) in [4.78, 5) is 11.1. The van der Waals surface area contributed by atoms with Crippen molar-refractivity contribution in [2.45, 2.75) is 45.7 Å². The molecule has 0 rings (SSSR count). The molecular formula is C9H20N2O2. The van der Waals surface area contributed by atoms with E-state index in [0.717, 1.165) is 12.8 Å². The molecule has 0 aromatic carbocycles. The Morgan fingerprint density at radius 2 is 1.92 bits per heavy atom. The smallest absolute Gasteiger partial charge is 0.315 e. The number of nitrogens with one attached hydrogen (secondary N) is 2. The molecule has 78 valence electrons. The van der Waals surface area contributed by atoms with E-state index >= 15 is 0 Å². The molecule has 0 heterocycles. The second kappa shape index (κ2) is 6.71. The molecule has 4 nitrogen and oxygen atoms in total. The molecule has 0 spiro atoms. The summed E-state index contributed by atoms with van der Waals surface area (Å²) in [7, 11) is 0. The first kappa shape index (κ1) is 12.2. The van der Waals surface area contributed by atoms with Gasteiger partial charge in [-0.2, -0.15) is 0 Å². The lowest BCUT2D eigenvalue weighted by molar-refractivity contribution is 0.232. The van der Waals surface area contributed by atoms with Crippen molar-refractivity contribution in [1.82, 2.24) is 10.6 Å². The number of amides is 2. The van der Waals surface area contributed by atoms with Crippen LogP contribution in [0, 0.1) is 0 Å². The van der Waals surface area contributed by atoms with E-state index in [1.54, 1.807) is 0 Å². The minimum atomic E-state index is -0.138. The van der Waals surface area contributed by atoms with E-state index in [9.17, 15) is 4.79 Å². The molecule has 0 saturated carbocycles. The molecule has 0 aromatic rings. The van der Waals surface area contributed by atoms with Gasteiger partial charge in [-0.3, -0.25) is 0 Å². The summed E-state index contributed by atoms with van der Waals surface area (Å²) >= 11 is 0. The van der Waals surface area contributed by atoms with Gasteiger partial charge >= 0.3 is 6.03 Å². The van der Waals surface area contributed by atoms with Crippen LogP contribution in [-0.2, 0) is 0 Å². The number of carbonyl (C=O) groups excluding carboxylic acids is 1. The van der Waals surface area contributed by atoms with Crippen molar-refractivity contribution in [2.75, 3.05) is 6.61 Å². The van der Waals surface area contributed by atoms with Gasteiger partial charge in [0.1, 0.15) is 0 Å². The van der Waals surface area contributed by atoms with Crippen molar-refractivity contribution >= 4 is 6.03 Å². The number of aliphatic hydroxyl groups is 1. The predicted octanol–water partition coefficient (Wildman–Crippen LogP) is 0.855. The summed E-state index contributed by atoms with van der Waals surface area (Å²) in [6.07, 6.45) is 1.53. The van der Waals surface area contributed by atoms with Crippen LogP contribution in [0.2, 0.25) is 0 Å². The van der Waals surface area contributed by atoms with Crippen LogP contribution in [0.5, 0.6) is 0 Å². The monoisotopic (exact) mass is 188 g/mol. The van der Waals surface area contributed by atoms with Crippen molar-refractivity contribution in [1.29, 1.82) is 0 Å². The van der Waals surface area contributed by atoms with E-state index in [-0.39, 0.29) is 24.7 Å². The largest absolute Gasteiger partial charge is 0.396 e. The van der Waals surface area contributed by atoms with E-state index < -0.39 is 0 Å². The van der Waals surface area contributed by atoms with Gasteiger partial charge in [-0.05, 0) is 33.6 Å². The van der Waals surface area contributed by atoms with Crippen LogP contribution in [0.4, 0.5) is 4.79 Å². The van der Waals surface area contributed by atoms with Gasteiger partial charge in [0.05, 0.1) is 0 Å². The molecule has 0 saturated heterocycles. The second-order valence-electron chi connectivity index (χ2n) is 3.54. The number of carbonyl (C=O) groups is 1. The lowest BCUT2D eigenvalue weighted by Gasteiger charge is -2.15. The lowest BCUT2D eigenvalue weighted by Crippen LogP contribution is -2.43. The molecule has 0 fully saturated rings. The average molecular weight is 188 g/mol. The molecule has 0 aliphatic heterocycles. The van der Waals surface area contributed by atoms with E-state index in [1.165, 1.54) is 0 Å². The summed E-state index contributed by atoms with van der Waals surface area (Å²) in [5.41, 5.74) is 0. The third kappa shape index (κ3) is 7.59. The molecule has 1 unspecified atom stereocenters. The number of rotatable bonds is 5. The topological polar surface area (TPSA) is 61.4 Å². The molecular weight excluding hydrogens is 168 g/mol. The lowest BCUT2D eigenvalue weighted by atomic mass is 10.2. The van der Waals surface area contributed by atoms with E-state index in [0.29, 0.717) is 0 Å². The first-order valence-electron chi connectivity index (χ1n) is 4.74. The highest BCUT2D eigenvalue weighted by molar-refractivity contribution is 5.74. The Labute approximate surface area is 79.7 Å². The first-order valence-corrected chi connectivity index (χ1v) is 4.74. The Balaban J connectivity index is 3.53. The number of hydrogen-bond acceptors (Lipinski definition) is 2. The highest BCUT2D eigenvalue weighted by atomic mass is 16.3. The highest BCUT2D eigenvalue weighted by Crippen LogP contribution is 1.94. The highest BCUT2D eigenvalue weighted by Gasteiger charge is 2.06. The summed E-state index contributed by atoms with van der Waals surface area (Å²) in [5, 5.41) is 14.1. The van der Waals surface area contributed by atoms with Gasteiger partial charge in [-0.15, -0.1) is 0 Å². The van der Waals surface area contributed by atoms with Crippen LogP contribution >= 0.6 is 0 Å². The Hall–Kier alpha value is -0.770. The molecule has 0 aliphatic carbocycles. The van der Waals surface area contributed by atoms with Crippen molar-refractivity contribution in [2.24, 2.45) is 0 Å². The van der Waals surface area contributed by atoms with Gasteiger partial charge in [-0.1, -0.05) is 0 Å². The van der Waals surface area contributed by atoms with E-state index in [2.05, 4.69) is 10.6 Å². The molecule has 13 heavy (non-hydrogen) atoms. The fourth-order valence-electron chi connectivity index (χ4n) is 0.997. The summed E-state index contributed by atoms with van der Waals surface area (Å²) in [6, 6.07) is 0.136. The van der Waals surface area contributed by atoms with Crippen molar-refractivity contribution in [3.05, 3.63) is 0 Å². The third-order valence-electron chi connectivity index (χ3n) is 1.59. The Morgan fingerprint density at radius 1 is 1.31 bits per heavy atom. The third-order valence-corrected chi connectivity index (χ3v) is 1.59. The SMILES string of the molecule is CC(C)NC(=O)NC(C)CCCO. The second-order valence-corrected chi connectivity index (χ2v) is 3.54. The normalized spacial score (nSPS) is 12.7. The maximum Gasteiger partial charge on any atom is 0.315 e. The maximum atomic E-state index is 11.1. The Morgan fingerprint density at radius 3 is 2.38 bits per heavy atom. The maximum absolute atomic E-state index is 11.1. The van der Waals surface area contributed by atoms with Gasteiger partial charge in [0.2, 0.25) is 0 Å². The quantitative estimate of drug-likeness (QED) is 0.599. The molecule has 0 aromatic heterocycles. The van der Waals surface area contributed by atoms with Crippen LogP contribution in [0.1, 0.15) is 33.6 Å². The van der Waals surface area contributed by atoms with Gasteiger partial charge in [0, 0.05) is 18.7 Å². The van der Waals surface area contributed by atoms with Crippen molar-refractivity contribution in [3.63, 3.8) is 0 Å². The fourth-order valence-corrected chi connectivity index (χ4v) is 0.997. The molecule has 2 amide bonds. The molecule has 3 N–H and O–H groups in total. The minimum Gasteiger partial charge on any atom is -0.396 e. The molecule has 0 aliphatic rings. The predicted molar refractivity (Wildman–Crippen MR) is 52.6 cm³/mol. The Bertz CT molecular complexity index is 149. The number of hydrogen-bond donors (Lipinski definition) is 3. The molecule has 0 bridgehead atoms. The average Bonchev–Trinajstić information content (AvgIpc) is 1.98. The van der Waals surface area contributed by atoms with Gasteiger partial charge < -0.3 is 15.7 Å². The van der Waals surface area contributed by atoms with Gasteiger partial charge in [0.15, 0.2) is 0 Å². The molecule has 1 atom stereocenters. The van der Waals surface area contributed by atoms with Crippen LogP contribution in [0.15, 0.2) is 0 Å². The standard InChI is InChI=1S/C9H20N2O2/c1-7(2)10-9(13)11-8(3)5-4-6-12/h7-8,12H,4-6H2,1-3H3,(H2,10,11,13). The van der Waals surface area contributed by atoms with Gasteiger partial charge in [-0.25, -0.2) is 4.79 Å². The zero-order valence-electron chi connectivity index (χ0n) is 8.63. The summed E-state index contributed by atoms with van der Waals surface area (Å²) in [6.45, 7) is 5.93. The minimum absolute atomic E-state index is 0.117. The van der Waals surface area contributed by atoms with Crippen LogP contribution in [0.3, 0.4) is 0 Å².